The molecule has 1 aromatic carbocycles. The minimum atomic E-state index is -0.170. The van der Waals surface area contributed by atoms with Crippen molar-refractivity contribution in [1.82, 2.24) is 10.6 Å². The van der Waals surface area contributed by atoms with Crippen LogP contribution in [0.2, 0.25) is 0 Å². The number of thiophene rings is 1. The fourth-order valence-electron chi connectivity index (χ4n) is 1.90. The molecule has 6 heteroatoms. The van der Waals surface area contributed by atoms with Crippen molar-refractivity contribution >= 4 is 41.3 Å². The van der Waals surface area contributed by atoms with Crippen molar-refractivity contribution in [3.8, 4) is 0 Å². The van der Waals surface area contributed by atoms with Crippen molar-refractivity contribution < 1.29 is 4.39 Å². The molecule has 0 aliphatic rings. The van der Waals surface area contributed by atoms with Crippen molar-refractivity contribution in [2.45, 2.75) is 26.9 Å². The van der Waals surface area contributed by atoms with E-state index in [2.05, 4.69) is 27.1 Å². The van der Waals surface area contributed by atoms with E-state index >= 15 is 0 Å². The highest BCUT2D eigenvalue weighted by atomic mass is 127. The smallest absolute Gasteiger partial charge is 0.191 e. The van der Waals surface area contributed by atoms with E-state index in [4.69, 9.17) is 0 Å². The van der Waals surface area contributed by atoms with E-state index in [9.17, 15) is 4.39 Å². The summed E-state index contributed by atoms with van der Waals surface area (Å²) in [5.74, 6) is 0.599. The van der Waals surface area contributed by atoms with Crippen LogP contribution in [-0.2, 0) is 13.1 Å². The third kappa shape index (κ3) is 5.92. The van der Waals surface area contributed by atoms with Crippen LogP contribution in [0.15, 0.2) is 40.0 Å². The lowest BCUT2D eigenvalue weighted by atomic mass is 10.1. The lowest BCUT2D eigenvalue weighted by molar-refractivity contribution is 0.617. The van der Waals surface area contributed by atoms with Gasteiger partial charge in [-0.05, 0) is 53.4 Å². The van der Waals surface area contributed by atoms with Crippen LogP contribution in [0.25, 0.3) is 0 Å². The molecule has 0 bridgehead atoms. The number of aryl methyl sites for hydroxylation is 1. The first kappa shape index (κ1) is 18.9. The molecule has 1 heterocycles. The molecular weight excluding hydrogens is 412 g/mol. The van der Waals surface area contributed by atoms with Gasteiger partial charge in [0, 0.05) is 13.1 Å². The van der Waals surface area contributed by atoms with Gasteiger partial charge in [0.1, 0.15) is 5.82 Å². The Morgan fingerprint density at radius 3 is 2.68 bits per heavy atom. The van der Waals surface area contributed by atoms with Crippen LogP contribution in [0.5, 0.6) is 0 Å². The maximum atomic E-state index is 13.2. The van der Waals surface area contributed by atoms with E-state index in [-0.39, 0.29) is 29.8 Å². The predicted octanol–water partition coefficient (Wildman–Crippen LogP) is 4.07. The second-order valence-corrected chi connectivity index (χ2v) is 5.54. The first-order chi connectivity index (χ1) is 10.2. The average Bonchev–Trinajstić information content (AvgIpc) is 2.99. The number of nitrogens with one attached hydrogen (secondary N) is 2. The molecule has 0 saturated heterocycles. The molecule has 0 unspecified atom stereocenters. The van der Waals surface area contributed by atoms with Crippen LogP contribution in [-0.4, -0.2) is 12.5 Å². The molecule has 0 saturated carbocycles. The molecule has 0 aliphatic heterocycles. The second kappa shape index (κ2) is 9.78. The summed E-state index contributed by atoms with van der Waals surface area (Å²) in [5.41, 5.74) is 2.90. The van der Waals surface area contributed by atoms with Gasteiger partial charge in [0.2, 0.25) is 0 Å². The zero-order valence-corrected chi connectivity index (χ0v) is 15.9. The lowest BCUT2D eigenvalue weighted by Crippen LogP contribution is -2.36. The Hall–Kier alpha value is -1.15. The molecule has 0 spiro atoms. The van der Waals surface area contributed by atoms with Crippen LogP contribution in [0.3, 0.4) is 0 Å². The Kier molecular flexibility index (Phi) is 8.40. The van der Waals surface area contributed by atoms with Gasteiger partial charge >= 0.3 is 0 Å². The fourth-order valence-corrected chi connectivity index (χ4v) is 2.56. The Bertz CT molecular complexity index is 599. The van der Waals surface area contributed by atoms with Crippen molar-refractivity contribution in [1.29, 1.82) is 0 Å². The molecule has 0 amide bonds. The molecular formula is C16H21FIN3S. The van der Waals surface area contributed by atoms with Crippen LogP contribution >= 0.6 is 35.3 Å². The Morgan fingerprint density at radius 2 is 2.05 bits per heavy atom. The standard InChI is InChI=1S/C16H20FN3S.HI/c1-3-18-16(20-10-14-6-7-21-11-14)19-9-13-4-5-15(17)12(2)8-13;/h4-8,11H,3,9-10H2,1-2H3,(H2,18,19,20);1H. The molecule has 0 atom stereocenters. The van der Waals surface area contributed by atoms with Gasteiger partial charge in [0.25, 0.3) is 0 Å². The van der Waals surface area contributed by atoms with Gasteiger partial charge in [0.05, 0.1) is 6.54 Å². The summed E-state index contributed by atoms with van der Waals surface area (Å²) in [6, 6.07) is 7.21. The van der Waals surface area contributed by atoms with E-state index in [1.54, 1.807) is 24.3 Å². The number of guanidine groups is 1. The monoisotopic (exact) mass is 433 g/mol. The van der Waals surface area contributed by atoms with Gasteiger partial charge in [-0.1, -0.05) is 12.1 Å². The maximum absolute atomic E-state index is 13.2. The number of nitrogens with zero attached hydrogens (tertiary/aromatic N) is 1. The highest BCUT2D eigenvalue weighted by Crippen LogP contribution is 2.09. The van der Waals surface area contributed by atoms with E-state index in [0.29, 0.717) is 18.7 Å². The highest BCUT2D eigenvalue weighted by molar-refractivity contribution is 14.0. The number of benzene rings is 1. The summed E-state index contributed by atoms with van der Waals surface area (Å²) in [6.45, 7) is 5.88. The normalized spacial score (nSPS) is 11.0. The van der Waals surface area contributed by atoms with Gasteiger partial charge in [-0.3, -0.25) is 0 Å². The van der Waals surface area contributed by atoms with Crippen LogP contribution in [0.1, 0.15) is 23.6 Å². The largest absolute Gasteiger partial charge is 0.357 e. The van der Waals surface area contributed by atoms with Crippen molar-refractivity contribution in [3.63, 3.8) is 0 Å². The maximum Gasteiger partial charge on any atom is 0.191 e. The SMILES string of the molecule is CCNC(=NCc1ccsc1)NCc1ccc(F)c(C)c1.I. The van der Waals surface area contributed by atoms with E-state index in [1.807, 2.05) is 18.4 Å². The molecule has 2 rings (SSSR count). The molecule has 2 aromatic rings. The third-order valence-corrected chi connectivity index (χ3v) is 3.76. The molecule has 0 fully saturated rings. The topological polar surface area (TPSA) is 36.4 Å². The van der Waals surface area contributed by atoms with E-state index < -0.39 is 0 Å². The second-order valence-electron chi connectivity index (χ2n) is 4.76. The van der Waals surface area contributed by atoms with Gasteiger partial charge in [-0.15, -0.1) is 24.0 Å². The van der Waals surface area contributed by atoms with Crippen LogP contribution in [0, 0.1) is 12.7 Å². The zero-order valence-electron chi connectivity index (χ0n) is 12.7. The number of aliphatic imine (C=N–C) groups is 1. The summed E-state index contributed by atoms with van der Waals surface area (Å²) in [4.78, 5) is 4.54. The summed E-state index contributed by atoms with van der Waals surface area (Å²) < 4.78 is 13.2. The molecule has 3 nitrogen and oxygen atoms in total. The minimum absolute atomic E-state index is 0. The van der Waals surface area contributed by atoms with Gasteiger partial charge in [-0.2, -0.15) is 11.3 Å². The summed E-state index contributed by atoms with van der Waals surface area (Å²) in [5, 5.41) is 10.6. The van der Waals surface area contributed by atoms with Gasteiger partial charge < -0.3 is 10.6 Å². The lowest BCUT2D eigenvalue weighted by Gasteiger charge is -2.11. The van der Waals surface area contributed by atoms with Crippen molar-refractivity contribution in [2.24, 2.45) is 4.99 Å². The molecule has 22 heavy (non-hydrogen) atoms. The van der Waals surface area contributed by atoms with E-state index in [1.165, 1.54) is 11.6 Å². The fraction of sp³-hybridized carbons (Fsp3) is 0.312. The zero-order chi connectivity index (χ0) is 15.1. The quantitative estimate of drug-likeness (QED) is 0.424. The van der Waals surface area contributed by atoms with Crippen molar-refractivity contribution in [2.75, 3.05) is 6.54 Å². The molecule has 120 valence electrons. The van der Waals surface area contributed by atoms with Crippen molar-refractivity contribution in [3.05, 3.63) is 57.5 Å². The number of hydrogen-bond acceptors (Lipinski definition) is 2. The van der Waals surface area contributed by atoms with Crippen LogP contribution < -0.4 is 10.6 Å². The van der Waals surface area contributed by atoms with Crippen LogP contribution in [0.4, 0.5) is 4.39 Å². The molecule has 1 aromatic heterocycles. The first-order valence-corrected chi connectivity index (χ1v) is 7.91. The molecule has 0 radical (unpaired) electrons. The number of rotatable bonds is 5. The average molecular weight is 433 g/mol. The Labute approximate surface area is 152 Å². The molecule has 0 aliphatic carbocycles. The number of halogens is 2. The summed E-state index contributed by atoms with van der Waals surface area (Å²) >= 11 is 1.67. The Morgan fingerprint density at radius 1 is 1.23 bits per heavy atom. The third-order valence-electron chi connectivity index (χ3n) is 3.03. The number of hydrogen-bond donors (Lipinski definition) is 2. The summed E-state index contributed by atoms with van der Waals surface area (Å²) in [6.07, 6.45) is 0. The summed E-state index contributed by atoms with van der Waals surface area (Å²) in [7, 11) is 0. The van der Waals surface area contributed by atoms with Gasteiger partial charge in [0.15, 0.2) is 5.96 Å². The van der Waals surface area contributed by atoms with Gasteiger partial charge in [-0.25, -0.2) is 9.38 Å². The highest BCUT2D eigenvalue weighted by Gasteiger charge is 2.01. The first-order valence-electron chi connectivity index (χ1n) is 6.97. The minimum Gasteiger partial charge on any atom is -0.357 e. The van der Waals surface area contributed by atoms with E-state index in [0.717, 1.165) is 18.1 Å². The Balaban J connectivity index is 0.00000242. The predicted molar refractivity (Wildman–Crippen MR) is 103 cm³/mol. The molecule has 2 N–H and O–H groups in total.